The van der Waals surface area contributed by atoms with Gasteiger partial charge in [0.2, 0.25) is 5.60 Å². The van der Waals surface area contributed by atoms with E-state index in [9.17, 15) is 43.8 Å². The summed E-state index contributed by atoms with van der Waals surface area (Å²) in [4.78, 5) is 94.0. The van der Waals surface area contributed by atoms with Gasteiger partial charge in [-0.05, 0) is 24.8 Å². The van der Waals surface area contributed by atoms with Gasteiger partial charge in [-0.2, -0.15) is 0 Å². The van der Waals surface area contributed by atoms with Crippen LogP contribution in [0.5, 0.6) is 0 Å². The van der Waals surface area contributed by atoms with E-state index in [1.807, 2.05) is 0 Å². The van der Waals surface area contributed by atoms with Crippen LogP contribution < -0.4 is 0 Å². The van der Waals surface area contributed by atoms with E-state index < -0.39 is 148 Å². The monoisotopic (exact) mass is 848 g/mol. The molecule has 1 aromatic rings. The molecule has 3 heterocycles. The molecule has 0 aromatic carbocycles. The summed E-state index contributed by atoms with van der Waals surface area (Å²) in [6.07, 6.45) is -7.66. The topological polar surface area (TPSA) is 256 Å². The molecule has 7 rings (SSSR count). The maximum absolute atomic E-state index is 14.8. The minimum absolute atomic E-state index is 0.0148. The first-order chi connectivity index (χ1) is 27.9. The van der Waals surface area contributed by atoms with Crippen LogP contribution in [0.1, 0.15) is 99.7 Å². The molecule has 0 amide bonds. The third kappa shape index (κ3) is 5.05. The van der Waals surface area contributed by atoms with Gasteiger partial charge in [0.25, 0.3) is 0 Å². The van der Waals surface area contributed by atoms with Gasteiger partial charge in [0.05, 0.1) is 30.5 Å². The fraction of sp³-hybridized carbons (Fsp3) is 0.732. The molecule has 0 radical (unpaired) electrons. The highest BCUT2D eigenvalue weighted by Crippen LogP contribution is 2.87. The molecule has 1 aromatic heterocycles. The van der Waals surface area contributed by atoms with E-state index in [4.69, 9.17) is 47.0 Å². The van der Waals surface area contributed by atoms with E-state index in [1.54, 1.807) is 20.8 Å². The molecule has 6 fully saturated rings. The van der Waals surface area contributed by atoms with Crippen molar-refractivity contribution >= 4 is 41.8 Å². The Hall–Kier alpha value is -4.59. The van der Waals surface area contributed by atoms with Gasteiger partial charge < -0.3 is 57.3 Å². The number of carbonyl (C=O) groups is 7. The molecule has 6 aliphatic rings. The minimum atomic E-state index is -2.99. The zero-order valence-electron chi connectivity index (χ0n) is 35.1. The molecule has 2 saturated heterocycles. The highest BCUT2D eigenvalue weighted by molar-refractivity contribution is 5.74. The number of aliphatic hydroxyl groups is 2. The molecular formula is C41H52O19. The quantitative estimate of drug-likeness (QED) is 0.225. The van der Waals surface area contributed by atoms with Crippen molar-refractivity contribution in [3.05, 3.63) is 24.2 Å². The Labute approximate surface area is 344 Å². The Morgan fingerprint density at radius 1 is 0.867 bits per heavy atom. The molecule has 1 unspecified atom stereocenters. The Balaban J connectivity index is 1.72. The van der Waals surface area contributed by atoms with Gasteiger partial charge in [-0.3, -0.25) is 33.6 Å². The third-order valence-electron chi connectivity index (χ3n) is 14.7. The van der Waals surface area contributed by atoms with Crippen LogP contribution in [0.2, 0.25) is 0 Å². The Morgan fingerprint density at radius 3 is 2.02 bits per heavy atom. The fourth-order valence-corrected chi connectivity index (χ4v) is 13.3. The van der Waals surface area contributed by atoms with E-state index in [0.29, 0.717) is 0 Å². The van der Waals surface area contributed by atoms with Gasteiger partial charge in [0, 0.05) is 71.3 Å². The molecule has 1 spiro atoms. The van der Waals surface area contributed by atoms with E-state index in [0.717, 1.165) is 48.7 Å². The van der Waals surface area contributed by atoms with Crippen LogP contribution in [0.3, 0.4) is 0 Å². The van der Waals surface area contributed by atoms with Crippen LogP contribution in [-0.2, 0) is 76.2 Å². The number of methoxy groups -OCH3 is 1. The number of carbonyl (C=O) groups excluding carboxylic acids is 7. The molecule has 330 valence electrons. The smallest absolute Gasteiger partial charge is 0.305 e. The van der Waals surface area contributed by atoms with Crippen LogP contribution in [0.4, 0.5) is 0 Å². The SMILES string of the molecule is CCC12C[C@@H]3[C@](C)([C@@H](OC(C)=O)c4ccoc4)[C@@H](OC(C)=O)[C@@H](OC(C)=O)[C@@]4(O)[C@]3(O1)[C@H](O2)[C@@]1(OC(C)=O)[C@@H](OC(C)=O)[C@@]2(C)C[C@@]1(O)[C@@]4(COC(C)=O)[C@H]2CC(=O)OC. The number of fused-ring (bicyclic) bond motifs is 4. The molecule has 19 heteroatoms. The molecular weight excluding hydrogens is 796 g/mol. The maximum Gasteiger partial charge on any atom is 0.305 e. The molecule has 2 aliphatic heterocycles. The van der Waals surface area contributed by atoms with Crippen LogP contribution in [0.25, 0.3) is 0 Å². The van der Waals surface area contributed by atoms with Crippen molar-refractivity contribution < 1.29 is 90.8 Å². The first kappa shape index (κ1) is 43.5. The predicted octanol–water partition coefficient (Wildman–Crippen LogP) is 1.91. The van der Waals surface area contributed by atoms with Crippen LogP contribution in [-0.4, -0.2) is 118 Å². The van der Waals surface area contributed by atoms with E-state index in [2.05, 4.69) is 0 Å². The minimum Gasteiger partial charge on any atom is -0.472 e. The first-order valence-corrected chi connectivity index (χ1v) is 19.8. The van der Waals surface area contributed by atoms with Crippen molar-refractivity contribution in [3.63, 3.8) is 0 Å². The standard InChI is InChI=1S/C41H52O19/c1-11-36-15-27-35(9,29(54-20(3)43)25-12-13-52-16-25)30(55-21(4)44)31(56-22(5)45)41(50)37(18-53-19(2)42)26(14-28(48)51-10)34(8)17-38(37,49)40(58-24(7)47,32(34)57-23(6)46)33(59-36)39(27,41)60-36/h12-13,16,26-27,29-33,49-50H,11,14-15,17-18H2,1-10H3/t26-,27+,29-,30-,31+,32-,33-,34-,35+,36?,37+,38+,39+,40-,41-/m0/s1. The Bertz CT molecular complexity index is 2020. The van der Waals surface area contributed by atoms with Gasteiger partial charge in [-0.25, -0.2) is 0 Å². The average Bonchev–Trinajstić information content (AvgIpc) is 3.95. The van der Waals surface area contributed by atoms with E-state index >= 15 is 0 Å². The Morgan fingerprint density at radius 2 is 1.50 bits per heavy atom. The number of rotatable bonds is 12. The fourth-order valence-electron chi connectivity index (χ4n) is 13.3. The van der Waals surface area contributed by atoms with Gasteiger partial charge >= 0.3 is 41.8 Å². The second-order valence-corrected chi connectivity index (χ2v) is 17.7. The third-order valence-corrected chi connectivity index (χ3v) is 14.7. The average molecular weight is 849 g/mol. The lowest BCUT2D eigenvalue weighted by molar-refractivity contribution is -0.447. The molecule has 4 saturated carbocycles. The van der Waals surface area contributed by atoms with Crippen molar-refractivity contribution in [2.75, 3.05) is 13.7 Å². The summed E-state index contributed by atoms with van der Waals surface area (Å²) in [5.74, 6) is -11.0. The summed E-state index contributed by atoms with van der Waals surface area (Å²) < 4.78 is 61.6. The van der Waals surface area contributed by atoms with Gasteiger partial charge in [0.1, 0.15) is 35.6 Å². The summed E-state index contributed by atoms with van der Waals surface area (Å²) in [6.45, 7) is 10.3. The number of hydrogen-bond donors (Lipinski definition) is 2. The highest BCUT2D eigenvalue weighted by Gasteiger charge is 3.05. The van der Waals surface area contributed by atoms with Crippen molar-refractivity contribution in [3.8, 4) is 0 Å². The summed E-state index contributed by atoms with van der Waals surface area (Å²) in [7, 11) is 1.11. The lowest BCUT2D eigenvalue weighted by Crippen LogP contribution is -2.97. The Kier molecular flexibility index (Phi) is 9.94. The van der Waals surface area contributed by atoms with Crippen molar-refractivity contribution in [1.82, 2.24) is 0 Å². The molecule has 19 nitrogen and oxygen atoms in total. The number of hydrogen-bond acceptors (Lipinski definition) is 19. The summed E-state index contributed by atoms with van der Waals surface area (Å²) in [6, 6.07) is 1.50. The maximum atomic E-state index is 14.8. The van der Waals surface area contributed by atoms with Crippen molar-refractivity contribution in [2.45, 2.75) is 147 Å². The summed E-state index contributed by atoms with van der Waals surface area (Å²) in [5.41, 5.74) is -16.6. The largest absolute Gasteiger partial charge is 0.472 e. The van der Waals surface area contributed by atoms with Gasteiger partial charge in [-0.15, -0.1) is 0 Å². The van der Waals surface area contributed by atoms with Crippen LogP contribution >= 0.6 is 0 Å². The van der Waals surface area contributed by atoms with Crippen LogP contribution in [0.15, 0.2) is 23.0 Å². The second kappa shape index (κ2) is 13.7. The molecule has 2 N–H and O–H groups in total. The van der Waals surface area contributed by atoms with E-state index in [1.165, 1.54) is 18.6 Å². The van der Waals surface area contributed by atoms with Gasteiger partial charge in [0.15, 0.2) is 24.1 Å². The molecule has 60 heavy (non-hydrogen) atoms. The molecule has 4 aliphatic carbocycles. The lowest BCUT2D eigenvalue weighted by atomic mass is 9.32. The van der Waals surface area contributed by atoms with Gasteiger partial charge in [-0.1, -0.05) is 20.8 Å². The van der Waals surface area contributed by atoms with Crippen LogP contribution in [0, 0.1) is 28.1 Å². The first-order valence-electron chi connectivity index (χ1n) is 19.8. The second-order valence-electron chi connectivity index (χ2n) is 17.7. The highest BCUT2D eigenvalue weighted by atomic mass is 16.8. The summed E-state index contributed by atoms with van der Waals surface area (Å²) >= 11 is 0. The normalized spacial score (nSPS) is 44.2. The van der Waals surface area contributed by atoms with Crippen molar-refractivity contribution in [2.24, 2.45) is 28.1 Å². The van der Waals surface area contributed by atoms with E-state index in [-0.39, 0.29) is 18.4 Å². The lowest BCUT2D eigenvalue weighted by Gasteiger charge is -2.77. The number of esters is 7. The zero-order valence-corrected chi connectivity index (χ0v) is 35.1. The van der Waals surface area contributed by atoms with Crippen molar-refractivity contribution in [1.29, 1.82) is 0 Å². The molecule has 4 bridgehead atoms. The predicted molar refractivity (Wildman–Crippen MR) is 194 cm³/mol. The molecule has 15 atom stereocenters. The zero-order chi connectivity index (χ0) is 44.4. The number of ether oxygens (including phenoxy) is 9. The summed E-state index contributed by atoms with van der Waals surface area (Å²) in [5, 5.41) is 28.8. The number of furan rings is 1.